The summed E-state index contributed by atoms with van der Waals surface area (Å²) in [4.78, 5) is 32.0. The normalized spacial score (nSPS) is 17.6. The van der Waals surface area contributed by atoms with Crippen molar-refractivity contribution in [2.24, 2.45) is 0 Å². The number of nitrogens with zero attached hydrogens (tertiary/aromatic N) is 1. The molecule has 0 atom stereocenters. The second-order valence-electron chi connectivity index (χ2n) is 3.54. The number of carbonyl (C=O) groups is 2. The van der Waals surface area contributed by atoms with Crippen molar-refractivity contribution >= 4 is 23.2 Å². The molecule has 1 aliphatic heterocycles. The number of carbonyl (C=O) groups excluding carboxylic acids is 2. The summed E-state index contributed by atoms with van der Waals surface area (Å²) in [6.45, 7) is -0.291. The van der Waals surface area contributed by atoms with Gasteiger partial charge in [-0.05, 0) is 12.1 Å². The molecule has 1 aromatic rings. The highest BCUT2D eigenvalue weighted by molar-refractivity contribution is 6.43. The van der Waals surface area contributed by atoms with Gasteiger partial charge in [-0.25, -0.2) is 4.79 Å². The molecule has 0 aliphatic carbocycles. The molecule has 0 radical (unpaired) electrons. The summed E-state index contributed by atoms with van der Waals surface area (Å²) < 4.78 is 4.47. The van der Waals surface area contributed by atoms with Crippen LogP contribution in [0.25, 0.3) is 5.76 Å². The highest BCUT2D eigenvalue weighted by Gasteiger charge is 2.32. The molecule has 7 heteroatoms. The Labute approximate surface area is 100 Å². The lowest BCUT2D eigenvalue weighted by atomic mass is 10.1. The van der Waals surface area contributed by atoms with E-state index in [-0.39, 0.29) is 23.4 Å². The molecule has 0 aromatic heterocycles. The van der Waals surface area contributed by atoms with Gasteiger partial charge in [-0.3, -0.25) is 14.9 Å². The average Bonchev–Trinajstić information content (AvgIpc) is 2.69. The van der Waals surface area contributed by atoms with E-state index in [2.05, 4.69) is 4.74 Å². The Morgan fingerprint density at radius 2 is 1.89 bits per heavy atom. The number of hydrogen-bond acceptors (Lipinski definition) is 6. The van der Waals surface area contributed by atoms with Crippen LogP contribution >= 0.6 is 0 Å². The molecule has 1 fully saturated rings. The second-order valence-corrected chi connectivity index (χ2v) is 3.54. The van der Waals surface area contributed by atoms with Crippen molar-refractivity contribution in [2.75, 3.05) is 6.61 Å². The summed E-state index contributed by atoms with van der Waals surface area (Å²) in [5.41, 5.74) is -0.0715. The van der Waals surface area contributed by atoms with Crippen molar-refractivity contribution in [3.63, 3.8) is 0 Å². The number of nitro groups is 1. The first-order valence-corrected chi connectivity index (χ1v) is 4.89. The predicted molar refractivity (Wildman–Crippen MR) is 58.6 cm³/mol. The smallest absolute Gasteiger partial charge is 0.379 e. The fourth-order valence-electron chi connectivity index (χ4n) is 1.48. The van der Waals surface area contributed by atoms with Crippen molar-refractivity contribution in [1.82, 2.24) is 0 Å². The first kappa shape index (κ1) is 11.8. The largest absolute Gasteiger partial charge is 0.507 e. The number of non-ortho nitro benzene ring substituents is 1. The molecule has 1 N–H and O–H groups in total. The number of aliphatic hydroxyl groups is 1. The van der Waals surface area contributed by atoms with Crippen LogP contribution in [0.5, 0.6) is 0 Å². The predicted octanol–water partition coefficient (Wildman–Crippen LogP) is 0.990. The molecule has 2 rings (SSSR count). The third-order valence-electron chi connectivity index (χ3n) is 2.44. The number of cyclic esters (lactones) is 1. The fourth-order valence-corrected chi connectivity index (χ4v) is 1.48. The number of hydrogen-bond donors (Lipinski definition) is 1. The monoisotopic (exact) mass is 249 g/mol. The number of rotatable bonds is 2. The van der Waals surface area contributed by atoms with Gasteiger partial charge in [-0.15, -0.1) is 0 Å². The van der Waals surface area contributed by atoms with E-state index in [1.54, 1.807) is 0 Å². The maximum Gasteiger partial charge on any atom is 0.379 e. The molecule has 1 aromatic carbocycles. The van der Waals surface area contributed by atoms with Crippen LogP contribution in [0, 0.1) is 10.1 Å². The van der Waals surface area contributed by atoms with Gasteiger partial charge in [0.1, 0.15) is 12.4 Å². The molecule has 0 amide bonds. The van der Waals surface area contributed by atoms with Crippen LogP contribution < -0.4 is 0 Å². The lowest BCUT2D eigenvalue weighted by Crippen LogP contribution is -2.08. The number of Topliss-reactive ketones (excluding diaryl/α,β-unsaturated/α-hetero) is 1. The molecule has 18 heavy (non-hydrogen) atoms. The molecular formula is C11H7NO6. The lowest BCUT2D eigenvalue weighted by Gasteiger charge is -2.01. The minimum absolute atomic E-state index is 0.137. The lowest BCUT2D eigenvalue weighted by molar-refractivity contribution is -0.384. The van der Waals surface area contributed by atoms with Crippen LogP contribution in [-0.2, 0) is 14.3 Å². The van der Waals surface area contributed by atoms with Crippen molar-refractivity contribution in [2.45, 2.75) is 0 Å². The van der Waals surface area contributed by atoms with E-state index in [4.69, 9.17) is 0 Å². The van der Waals surface area contributed by atoms with Crippen LogP contribution in [0.1, 0.15) is 5.56 Å². The Bertz CT molecular complexity index is 572. The van der Waals surface area contributed by atoms with Gasteiger partial charge in [0.25, 0.3) is 11.5 Å². The van der Waals surface area contributed by atoms with Gasteiger partial charge in [0.2, 0.25) is 0 Å². The Hall–Kier alpha value is -2.70. The Kier molecular flexibility index (Phi) is 2.80. The first-order chi connectivity index (χ1) is 8.50. The molecule has 7 nitrogen and oxygen atoms in total. The fraction of sp³-hybridized carbons (Fsp3) is 0.0909. The van der Waals surface area contributed by atoms with E-state index in [0.29, 0.717) is 0 Å². The van der Waals surface area contributed by atoms with Gasteiger partial charge in [-0.2, -0.15) is 0 Å². The highest BCUT2D eigenvalue weighted by atomic mass is 16.6. The number of ether oxygens (including phenoxy) is 1. The topological polar surface area (TPSA) is 107 Å². The van der Waals surface area contributed by atoms with Crippen LogP contribution in [0.2, 0.25) is 0 Å². The highest BCUT2D eigenvalue weighted by Crippen LogP contribution is 2.22. The quantitative estimate of drug-likeness (QED) is 0.209. The van der Waals surface area contributed by atoms with Crippen molar-refractivity contribution in [3.05, 3.63) is 45.5 Å². The standard InChI is InChI=1S/C11H7NO6/c13-9(8-5-18-11(15)10(8)14)6-1-3-7(4-2-6)12(16)17/h1-4,13H,5H2/b9-8-. The third-order valence-corrected chi connectivity index (χ3v) is 2.44. The van der Waals surface area contributed by atoms with Gasteiger partial charge in [0, 0.05) is 17.7 Å². The summed E-state index contributed by atoms with van der Waals surface area (Å²) in [6.07, 6.45) is 0. The maximum absolute atomic E-state index is 11.3. The van der Waals surface area contributed by atoms with Crippen molar-refractivity contribution < 1.29 is 24.4 Å². The molecule has 1 heterocycles. The SMILES string of the molecule is O=C1OC/C(=C(/O)c2ccc([N+](=O)[O-])cc2)C1=O. The number of esters is 1. The minimum Gasteiger partial charge on any atom is -0.507 e. The molecule has 1 saturated heterocycles. The number of ketones is 1. The summed E-state index contributed by atoms with van der Waals surface area (Å²) >= 11 is 0. The van der Waals surface area contributed by atoms with Gasteiger partial charge in [0.05, 0.1) is 10.5 Å². The first-order valence-electron chi connectivity index (χ1n) is 4.89. The summed E-state index contributed by atoms with van der Waals surface area (Å²) in [6, 6.07) is 4.95. The summed E-state index contributed by atoms with van der Waals surface area (Å²) in [5, 5.41) is 20.2. The van der Waals surface area contributed by atoms with E-state index < -0.39 is 22.4 Å². The van der Waals surface area contributed by atoms with Gasteiger partial charge in [0.15, 0.2) is 0 Å². The van der Waals surface area contributed by atoms with Gasteiger partial charge < -0.3 is 9.84 Å². The maximum atomic E-state index is 11.3. The van der Waals surface area contributed by atoms with Gasteiger partial charge in [-0.1, -0.05) is 0 Å². The van der Waals surface area contributed by atoms with Crippen LogP contribution in [0.3, 0.4) is 0 Å². The van der Waals surface area contributed by atoms with E-state index >= 15 is 0 Å². The molecule has 0 saturated carbocycles. The summed E-state index contributed by atoms with van der Waals surface area (Å²) in [5.74, 6) is -2.31. The average molecular weight is 249 g/mol. The molecule has 0 unspecified atom stereocenters. The number of aliphatic hydroxyl groups excluding tert-OH is 1. The van der Waals surface area contributed by atoms with E-state index in [1.807, 2.05) is 0 Å². The summed E-state index contributed by atoms with van der Waals surface area (Å²) in [7, 11) is 0. The molecule has 92 valence electrons. The zero-order valence-electron chi connectivity index (χ0n) is 8.95. The Morgan fingerprint density at radius 3 is 2.33 bits per heavy atom. The van der Waals surface area contributed by atoms with Crippen molar-refractivity contribution in [3.8, 4) is 0 Å². The molecule has 0 spiro atoms. The van der Waals surface area contributed by atoms with E-state index in [9.17, 15) is 24.8 Å². The zero-order chi connectivity index (χ0) is 13.3. The van der Waals surface area contributed by atoms with Crippen LogP contribution in [-0.4, -0.2) is 28.4 Å². The second kappa shape index (κ2) is 4.28. The third kappa shape index (κ3) is 1.93. The van der Waals surface area contributed by atoms with Crippen LogP contribution in [0.15, 0.2) is 29.8 Å². The number of benzene rings is 1. The molecule has 1 aliphatic rings. The minimum atomic E-state index is -1.02. The van der Waals surface area contributed by atoms with Crippen molar-refractivity contribution in [1.29, 1.82) is 0 Å². The Morgan fingerprint density at radius 1 is 1.28 bits per heavy atom. The Balaban J connectivity index is 2.37. The van der Waals surface area contributed by atoms with E-state index in [1.165, 1.54) is 24.3 Å². The zero-order valence-corrected chi connectivity index (χ0v) is 8.95. The molecular weight excluding hydrogens is 242 g/mol. The van der Waals surface area contributed by atoms with Gasteiger partial charge >= 0.3 is 5.97 Å². The molecule has 0 bridgehead atoms. The van der Waals surface area contributed by atoms with E-state index in [0.717, 1.165) is 0 Å². The van der Waals surface area contributed by atoms with Crippen LogP contribution in [0.4, 0.5) is 5.69 Å². The number of nitro benzene ring substituents is 1.